The monoisotopic (exact) mass is 333 g/mol. The van der Waals surface area contributed by atoms with Gasteiger partial charge in [-0.25, -0.2) is 0 Å². The van der Waals surface area contributed by atoms with Gasteiger partial charge < -0.3 is 9.55 Å². The maximum absolute atomic E-state index is 8.85. The molecule has 2 aromatic heterocycles. The molecule has 1 N–H and O–H groups in total. The van der Waals surface area contributed by atoms with Gasteiger partial charge in [-0.05, 0) is 30.3 Å². The van der Waals surface area contributed by atoms with E-state index in [0.29, 0.717) is 6.04 Å². The fraction of sp³-hybridized carbons (Fsp3) is 0. The van der Waals surface area contributed by atoms with Crippen LogP contribution in [0.25, 0.3) is 49.3 Å². The van der Waals surface area contributed by atoms with Crippen LogP contribution in [0.4, 0.5) is 0 Å². The minimum Gasteiger partial charge on any atom is -0.354 e. The predicted octanol–water partition coefficient (Wildman–Crippen LogP) is 6.42. The van der Waals surface area contributed by atoms with E-state index < -0.39 is 0 Å². The maximum atomic E-state index is 8.85. The average molecular weight is 333 g/mol. The predicted molar refractivity (Wildman–Crippen MR) is 110 cm³/mol. The Labute approximate surface area is 151 Å². The zero-order valence-electron chi connectivity index (χ0n) is 15.0. The summed E-state index contributed by atoms with van der Waals surface area (Å²) in [6.07, 6.45) is 0. The van der Waals surface area contributed by atoms with Crippen molar-refractivity contribution in [3.8, 4) is 5.69 Å². The molecule has 0 saturated carbocycles. The van der Waals surface area contributed by atoms with Crippen molar-refractivity contribution in [3.05, 3.63) is 91.0 Å². The van der Waals surface area contributed by atoms with E-state index in [9.17, 15) is 0 Å². The largest absolute Gasteiger partial charge is 0.354 e. The van der Waals surface area contributed by atoms with Crippen LogP contribution in [-0.2, 0) is 0 Å². The lowest BCUT2D eigenvalue weighted by atomic mass is 10.1. The minimum atomic E-state index is 0.544. The number of rotatable bonds is 1. The van der Waals surface area contributed by atoms with Gasteiger partial charge in [-0.15, -0.1) is 0 Å². The summed E-state index contributed by atoms with van der Waals surface area (Å²) in [5.74, 6) is 0. The number of benzene rings is 4. The Morgan fingerprint density at radius 3 is 2.27 bits per heavy atom. The van der Waals surface area contributed by atoms with Gasteiger partial charge in [-0.3, -0.25) is 0 Å². The van der Waals surface area contributed by atoms with Gasteiger partial charge in [0.2, 0.25) is 0 Å². The van der Waals surface area contributed by atoms with Gasteiger partial charge in [-0.2, -0.15) is 0 Å². The van der Waals surface area contributed by atoms with E-state index in [4.69, 9.17) is 1.37 Å². The van der Waals surface area contributed by atoms with Crippen LogP contribution in [0.2, 0.25) is 0 Å². The number of nitrogens with zero attached hydrogens (tertiary/aromatic N) is 1. The van der Waals surface area contributed by atoms with Gasteiger partial charge in [0.1, 0.15) is 0 Å². The molecule has 122 valence electrons. The molecule has 0 atom stereocenters. The summed E-state index contributed by atoms with van der Waals surface area (Å²) in [7, 11) is 0. The van der Waals surface area contributed by atoms with Crippen LogP contribution in [0.15, 0.2) is 91.0 Å². The summed E-state index contributed by atoms with van der Waals surface area (Å²) >= 11 is 0. The van der Waals surface area contributed by atoms with E-state index in [-0.39, 0.29) is 0 Å². The molecule has 0 spiro atoms. The lowest BCUT2D eigenvalue weighted by Gasteiger charge is -2.07. The zero-order chi connectivity index (χ0) is 18.0. The number of hydrogen-bond donors (Lipinski definition) is 1. The Hall–Kier alpha value is -3.52. The molecule has 0 aliphatic heterocycles. The van der Waals surface area contributed by atoms with Crippen molar-refractivity contribution in [1.82, 2.24) is 9.55 Å². The number of fused-ring (bicyclic) bond motifs is 7. The second-order valence-corrected chi connectivity index (χ2v) is 6.66. The smallest absolute Gasteiger partial charge is 0.0645 e. The molecule has 26 heavy (non-hydrogen) atoms. The van der Waals surface area contributed by atoms with Crippen LogP contribution in [0.3, 0.4) is 0 Å². The molecule has 2 heterocycles. The molecule has 2 heteroatoms. The molecular weight excluding hydrogens is 316 g/mol. The number of para-hydroxylation sites is 3. The molecule has 4 aromatic carbocycles. The first-order chi connectivity index (χ1) is 13.3. The maximum Gasteiger partial charge on any atom is 0.0645 e. The molecule has 2 nitrogen and oxygen atoms in total. The number of nitrogens with one attached hydrogen (secondary N) is 1. The number of H-pyrrole nitrogens is 1. The molecule has 0 fully saturated rings. The van der Waals surface area contributed by atoms with Gasteiger partial charge in [0.25, 0.3) is 0 Å². The zero-order valence-corrected chi connectivity index (χ0v) is 14.0. The quantitative estimate of drug-likeness (QED) is 0.358. The van der Waals surface area contributed by atoms with Gasteiger partial charge in [0.05, 0.1) is 17.9 Å². The van der Waals surface area contributed by atoms with Gasteiger partial charge in [-0.1, -0.05) is 60.7 Å². The number of aromatic amines is 1. The van der Waals surface area contributed by atoms with Crippen molar-refractivity contribution in [2.75, 3.05) is 0 Å². The summed E-state index contributed by atoms with van der Waals surface area (Å²) in [5, 5.41) is 4.56. The van der Waals surface area contributed by atoms with Crippen LogP contribution in [0, 0.1) is 0 Å². The van der Waals surface area contributed by atoms with Crippen molar-refractivity contribution in [3.63, 3.8) is 0 Å². The molecular formula is C24H16N2. The summed E-state index contributed by atoms with van der Waals surface area (Å²) in [6.45, 7) is 0. The van der Waals surface area contributed by atoms with Gasteiger partial charge >= 0.3 is 0 Å². The SMILES string of the molecule is [2H]c1cc2c3ccccc3[nH]c2c2c3ccccc3n(-c3ccccc3)c12. The first kappa shape index (κ1) is 12.8. The van der Waals surface area contributed by atoms with E-state index >= 15 is 0 Å². The molecule has 0 saturated heterocycles. The normalized spacial score (nSPS) is 12.4. The van der Waals surface area contributed by atoms with Crippen LogP contribution in [0.5, 0.6) is 0 Å². The lowest BCUT2D eigenvalue weighted by Crippen LogP contribution is -1.92. The molecule has 0 bridgehead atoms. The molecule has 0 amide bonds. The third-order valence-corrected chi connectivity index (χ3v) is 5.24. The highest BCUT2D eigenvalue weighted by atomic mass is 15.0. The van der Waals surface area contributed by atoms with Gasteiger partial charge in [0.15, 0.2) is 0 Å². The lowest BCUT2D eigenvalue weighted by molar-refractivity contribution is 1.18. The van der Waals surface area contributed by atoms with E-state index in [1.54, 1.807) is 0 Å². The standard InChI is InChI=1S/C24H16N2/c1-2-8-16(9-3-1)26-21-13-7-5-11-19(21)23-22(26)15-14-18-17-10-4-6-12-20(17)25-24(18)23/h1-15,25H/i15D. The summed E-state index contributed by atoms with van der Waals surface area (Å²) in [6, 6.07) is 29.6. The molecule has 0 aliphatic rings. The Morgan fingerprint density at radius 1 is 0.654 bits per heavy atom. The van der Waals surface area contributed by atoms with Crippen molar-refractivity contribution < 1.29 is 1.37 Å². The number of aromatic nitrogens is 2. The van der Waals surface area contributed by atoms with Crippen LogP contribution >= 0.6 is 0 Å². The highest BCUT2D eigenvalue weighted by Gasteiger charge is 2.16. The Morgan fingerprint density at radius 2 is 1.38 bits per heavy atom. The first-order valence-electron chi connectivity index (χ1n) is 9.31. The summed E-state index contributed by atoms with van der Waals surface area (Å²) in [4.78, 5) is 3.61. The average Bonchev–Trinajstić information content (AvgIpc) is 3.25. The molecule has 6 rings (SSSR count). The molecule has 0 unspecified atom stereocenters. The van der Waals surface area contributed by atoms with Crippen molar-refractivity contribution >= 4 is 43.6 Å². The van der Waals surface area contributed by atoms with Crippen molar-refractivity contribution in [2.45, 2.75) is 0 Å². The fourth-order valence-corrected chi connectivity index (χ4v) is 4.13. The van der Waals surface area contributed by atoms with E-state index in [0.717, 1.165) is 38.5 Å². The second kappa shape index (κ2) is 4.99. The van der Waals surface area contributed by atoms with E-state index in [1.807, 2.05) is 30.3 Å². The highest BCUT2D eigenvalue weighted by molar-refractivity contribution is 6.25. The minimum absolute atomic E-state index is 0.544. The molecule has 6 aromatic rings. The summed E-state index contributed by atoms with van der Waals surface area (Å²) in [5.41, 5.74) is 5.36. The molecule has 0 radical (unpaired) electrons. The third kappa shape index (κ3) is 1.71. The Bertz CT molecular complexity index is 1470. The van der Waals surface area contributed by atoms with E-state index in [1.165, 1.54) is 10.8 Å². The van der Waals surface area contributed by atoms with Gasteiger partial charge in [0, 0.05) is 32.7 Å². The topological polar surface area (TPSA) is 20.7 Å². The van der Waals surface area contributed by atoms with Crippen molar-refractivity contribution in [2.24, 2.45) is 0 Å². The van der Waals surface area contributed by atoms with Crippen LogP contribution < -0.4 is 0 Å². The summed E-state index contributed by atoms with van der Waals surface area (Å²) < 4.78 is 11.1. The first-order valence-corrected chi connectivity index (χ1v) is 8.81. The van der Waals surface area contributed by atoms with Crippen LogP contribution in [0.1, 0.15) is 1.37 Å². The molecule has 0 aliphatic carbocycles. The third-order valence-electron chi connectivity index (χ3n) is 5.24. The fourth-order valence-electron chi connectivity index (χ4n) is 4.13. The Kier molecular flexibility index (Phi) is 2.46. The highest BCUT2D eigenvalue weighted by Crippen LogP contribution is 2.38. The van der Waals surface area contributed by atoms with E-state index in [2.05, 4.69) is 64.1 Å². The second-order valence-electron chi connectivity index (χ2n) is 6.66. The Balaban J connectivity index is 1.93. The van der Waals surface area contributed by atoms with Crippen molar-refractivity contribution in [1.29, 1.82) is 0 Å². The number of hydrogen-bond acceptors (Lipinski definition) is 0. The van der Waals surface area contributed by atoms with Crippen LogP contribution in [-0.4, -0.2) is 9.55 Å².